The second kappa shape index (κ2) is 17.0. The third-order valence-electron chi connectivity index (χ3n) is 8.08. The van der Waals surface area contributed by atoms with Crippen molar-refractivity contribution in [2.24, 2.45) is 0 Å². The Labute approximate surface area is 311 Å². The van der Waals surface area contributed by atoms with E-state index in [1.165, 1.54) is 24.8 Å². The number of Topliss-reactive ketones (excluding diaryl/α,β-unsaturated/α-hetero) is 1. The van der Waals surface area contributed by atoms with Gasteiger partial charge in [-0.1, -0.05) is 60.7 Å². The monoisotopic (exact) mass is 721 g/mol. The van der Waals surface area contributed by atoms with E-state index >= 15 is 0 Å². The quantitative estimate of drug-likeness (QED) is 0.0617. The topological polar surface area (TPSA) is 127 Å². The number of methoxy groups -OCH3 is 1. The van der Waals surface area contributed by atoms with Gasteiger partial charge in [0.05, 0.1) is 12.7 Å². The highest BCUT2D eigenvalue weighted by atomic mass is 32.2. The highest BCUT2D eigenvalue weighted by Crippen LogP contribution is 2.37. The molecule has 0 unspecified atom stereocenters. The largest absolute Gasteiger partial charge is 0.496 e. The Balaban J connectivity index is 1.20. The maximum absolute atomic E-state index is 13.7. The van der Waals surface area contributed by atoms with Crippen LogP contribution in [0, 0.1) is 0 Å². The van der Waals surface area contributed by atoms with E-state index in [0.717, 1.165) is 16.0 Å². The average Bonchev–Trinajstić information content (AvgIpc) is 3.66. The molecule has 3 amide bonds. The van der Waals surface area contributed by atoms with Crippen LogP contribution in [0.2, 0.25) is 0 Å². The highest BCUT2D eigenvalue weighted by Gasteiger charge is 2.23. The van der Waals surface area contributed by atoms with Crippen molar-refractivity contribution < 1.29 is 28.3 Å². The zero-order valence-corrected chi connectivity index (χ0v) is 29.7. The van der Waals surface area contributed by atoms with E-state index < -0.39 is 17.1 Å². The standard InChI is InChI=1S/C43H35N3O6S/c1-28(47)29-17-19-32(20-18-29)45-43(50)40(30-11-5-3-6-12-30)53-35-24-21-33(22-25-35)44-42(49)37(46-41(48)31-13-7-4-8-14-31)27-34-23-26-39(52-34)36-15-9-10-16-38(36)51-2/h3-27,40H,1-2H3,(H,44,49)(H,45,50)(H,46,48)/b37-27+/t40-/m1/s1. The van der Waals surface area contributed by atoms with E-state index in [2.05, 4.69) is 16.0 Å². The van der Waals surface area contributed by atoms with Crippen LogP contribution in [0.25, 0.3) is 17.4 Å². The number of anilines is 2. The minimum Gasteiger partial charge on any atom is -0.496 e. The zero-order chi connectivity index (χ0) is 37.2. The van der Waals surface area contributed by atoms with Crippen LogP contribution < -0.4 is 20.7 Å². The summed E-state index contributed by atoms with van der Waals surface area (Å²) in [5.74, 6) is 0.189. The lowest BCUT2D eigenvalue weighted by molar-refractivity contribution is -0.116. The smallest absolute Gasteiger partial charge is 0.272 e. The molecule has 0 saturated heterocycles. The molecule has 6 aromatic rings. The number of hydrogen-bond donors (Lipinski definition) is 3. The van der Waals surface area contributed by atoms with Gasteiger partial charge in [0, 0.05) is 33.5 Å². The molecular weight excluding hydrogens is 687 g/mol. The number of benzene rings is 5. The fourth-order valence-electron chi connectivity index (χ4n) is 5.36. The van der Waals surface area contributed by atoms with Gasteiger partial charge in [-0.25, -0.2) is 0 Å². The number of rotatable bonds is 13. The van der Waals surface area contributed by atoms with Crippen molar-refractivity contribution in [1.82, 2.24) is 5.32 Å². The molecule has 1 aromatic heterocycles. The van der Waals surface area contributed by atoms with Gasteiger partial charge in [0.1, 0.15) is 28.2 Å². The predicted molar refractivity (Wildman–Crippen MR) is 208 cm³/mol. The summed E-state index contributed by atoms with van der Waals surface area (Å²) in [6.07, 6.45) is 1.47. The summed E-state index contributed by atoms with van der Waals surface area (Å²) in [5, 5.41) is 7.95. The first-order valence-electron chi connectivity index (χ1n) is 16.6. The molecule has 1 atom stereocenters. The van der Waals surface area contributed by atoms with Crippen LogP contribution in [0.1, 0.15) is 44.2 Å². The fraction of sp³-hybridized carbons (Fsp3) is 0.0698. The lowest BCUT2D eigenvalue weighted by Crippen LogP contribution is -2.30. The van der Waals surface area contributed by atoms with Gasteiger partial charge in [0.25, 0.3) is 11.8 Å². The number of amides is 3. The van der Waals surface area contributed by atoms with E-state index in [4.69, 9.17) is 9.15 Å². The van der Waals surface area contributed by atoms with Crippen LogP contribution in [0.3, 0.4) is 0 Å². The molecule has 6 rings (SSSR count). The summed E-state index contributed by atoms with van der Waals surface area (Å²) in [5.41, 5.74) is 3.51. The second-order valence-electron chi connectivity index (χ2n) is 11.8. The molecule has 5 aromatic carbocycles. The molecule has 3 N–H and O–H groups in total. The fourth-order valence-corrected chi connectivity index (χ4v) is 6.38. The number of ketones is 1. The summed E-state index contributed by atoms with van der Waals surface area (Å²) in [4.78, 5) is 52.9. The summed E-state index contributed by atoms with van der Waals surface area (Å²) in [6.45, 7) is 1.49. The maximum atomic E-state index is 13.7. The van der Waals surface area contributed by atoms with Crippen molar-refractivity contribution >= 4 is 52.7 Å². The Hall–Kier alpha value is -6.65. The third-order valence-corrected chi connectivity index (χ3v) is 9.35. The summed E-state index contributed by atoms with van der Waals surface area (Å²) in [7, 11) is 1.58. The number of thioether (sulfide) groups is 1. The molecule has 0 saturated carbocycles. The molecule has 0 aliphatic heterocycles. The Morgan fingerprint density at radius 1 is 0.679 bits per heavy atom. The van der Waals surface area contributed by atoms with Crippen molar-refractivity contribution in [2.45, 2.75) is 17.1 Å². The van der Waals surface area contributed by atoms with Gasteiger partial charge >= 0.3 is 0 Å². The van der Waals surface area contributed by atoms with E-state index in [0.29, 0.717) is 39.8 Å². The van der Waals surface area contributed by atoms with Crippen LogP contribution in [-0.4, -0.2) is 30.6 Å². The zero-order valence-electron chi connectivity index (χ0n) is 28.9. The van der Waals surface area contributed by atoms with E-state index in [1.54, 1.807) is 86.0 Å². The molecule has 9 nitrogen and oxygen atoms in total. The van der Waals surface area contributed by atoms with E-state index in [9.17, 15) is 19.2 Å². The van der Waals surface area contributed by atoms with Crippen LogP contribution in [0.4, 0.5) is 11.4 Å². The minimum atomic E-state index is -0.596. The molecule has 0 radical (unpaired) electrons. The molecule has 0 spiro atoms. The minimum absolute atomic E-state index is 0.0321. The Morgan fingerprint density at radius 2 is 1.30 bits per heavy atom. The molecule has 10 heteroatoms. The van der Waals surface area contributed by atoms with Gasteiger partial charge in [0.2, 0.25) is 5.91 Å². The Kier molecular flexibility index (Phi) is 11.6. The van der Waals surface area contributed by atoms with Crippen molar-refractivity contribution in [3.63, 3.8) is 0 Å². The molecule has 264 valence electrons. The molecule has 53 heavy (non-hydrogen) atoms. The van der Waals surface area contributed by atoms with Gasteiger partial charge in [0.15, 0.2) is 5.78 Å². The first-order valence-corrected chi connectivity index (χ1v) is 17.5. The molecule has 0 bridgehead atoms. The average molecular weight is 722 g/mol. The van der Waals surface area contributed by atoms with Crippen LogP contribution in [0.15, 0.2) is 161 Å². The van der Waals surface area contributed by atoms with Gasteiger partial charge in [-0.15, -0.1) is 11.8 Å². The second-order valence-corrected chi connectivity index (χ2v) is 13.0. The number of nitrogens with one attached hydrogen (secondary N) is 3. The van der Waals surface area contributed by atoms with E-state index in [1.807, 2.05) is 66.7 Å². The Morgan fingerprint density at radius 3 is 1.98 bits per heavy atom. The molecular formula is C43H35N3O6S. The van der Waals surface area contributed by atoms with E-state index in [-0.39, 0.29) is 17.4 Å². The number of furan rings is 1. The summed E-state index contributed by atoms with van der Waals surface area (Å²) >= 11 is 1.35. The SMILES string of the molecule is COc1ccccc1-c1ccc(/C=C(/NC(=O)c2ccccc2)C(=O)Nc2ccc(S[C@@H](C(=O)Nc3ccc(C(C)=O)cc3)c3ccccc3)cc2)o1. The number of carbonyl (C=O) groups excluding carboxylic acids is 4. The lowest BCUT2D eigenvalue weighted by Gasteiger charge is -2.18. The number of hydrogen-bond acceptors (Lipinski definition) is 7. The van der Waals surface area contributed by atoms with Crippen LogP contribution >= 0.6 is 11.8 Å². The van der Waals surface area contributed by atoms with Gasteiger partial charge < -0.3 is 25.1 Å². The third kappa shape index (κ3) is 9.37. The van der Waals surface area contributed by atoms with Crippen molar-refractivity contribution in [3.05, 3.63) is 174 Å². The summed E-state index contributed by atoms with van der Waals surface area (Å²) in [6, 6.07) is 42.7. The molecule has 0 aliphatic rings. The summed E-state index contributed by atoms with van der Waals surface area (Å²) < 4.78 is 11.5. The van der Waals surface area contributed by atoms with Crippen LogP contribution in [-0.2, 0) is 9.59 Å². The van der Waals surface area contributed by atoms with Gasteiger partial charge in [-0.3, -0.25) is 19.2 Å². The molecule has 0 fully saturated rings. The number of ether oxygens (including phenoxy) is 1. The van der Waals surface area contributed by atoms with Crippen molar-refractivity contribution in [3.8, 4) is 17.1 Å². The molecule has 1 heterocycles. The Bertz CT molecular complexity index is 2250. The van der Waals surface area contributed by atoms with Gasteiger partial charge in [-0.05, 0) is 97.4 Å². The predicted octanol–water partition coefficient (Wildman–Crippen LogP) is 9.04. The first kappa shape index (κ1) is 36.2. The lowest BCUT2D eigenvalue weighted by atomic mass is 10.1. The first-order chi connectivity index (χ1) is 25.8. The number of para-hydroxylation sites is 1. The normalized spacial score (nSPS) is 11.6. The highest BCUT2D eigenvalue weighted by molar-refractivity contribution is 8.00. The molecule has 0 aliphatic carbocycles. The van der Waals surface area contributed by atoms with Crippen LogP contribution in [0.5, 0.6) is 5.75 Å². The van der Waals surface area contributed by atoms with Crippen molar-refractivity contribution in [2.75, 3.05) is 17.7 Å². The van der Waals surface area contributed by atoms with Gasteiger partial charge in [-0.2, -0.15) is 0 Å². The number of carbonyl (C=O) groups is 4. The maximum Gasteiger partial charge on any atom is 0.272 e. The van der Waals surface area contributed by atoms with Crippen molar-refractivity contribution in [1.29, 1.82) is 0 Å².